The largest absolute Gasteiger partial charge is 0.494 e. The molecule has 2 aromatic rings. The van der Waals surface area contributed by atoms with E-state index in [1.807, 2.05) is 0 Å². The minimum Gasteiger partial charge on any atom is -0.494 e. The zero-order valence-electron chi connectivity index (χ0n) is 13.5. The fraction of sp³-hybridized carbons (Fsp3) is 0.250. The Morgan fingerprint density at radius 3 is 2.46 bits per heavy atom. The van der Waals surface area contributed by atoms with E-state index in [1.54, 1.807) is 0 Å². The molecule has 0 saturated heterocycles. The lowest BCUT2D eigenvalue weighted by Crippen LogP contribution is -2.28. The molecule has 1 N–H and O–H groups in total. The number of benzene rings is 2. The number of ether oxygens (including phenoxy) is 2. The molecular formula is C16H15F4NO4S. The van der Waals surface area contributed by atoms with Crippen LogP contribution in [0.4, 0.5) is 17.6 Å². The van der Waals surface area contributed by atoms with Gasteiger partial charge in [-0.25, -0.2) is 17.5 Å². The average Bonchev–Trinajstić information content (AvgIpc) is 2.58. The molecule has 0 unspecified atom stereocenters. The Balaban J connectivity index is 1.94. The van der Waals surface area contributed by atoms with Gasteiger partial charge in [0.25, 0.3) is 0 Å². The number of nitrogens with one attached hydrogen (secondary N) is 1. The van der Waals surface area contributed by atoms with E-state index in [-0.39, 0.29) is 29.5 Å². The van der Waals surface area contributed by atoms with Gasteiger partial charge in [0.05, 0.1) is 17.6 Å². The average molecular weight is 393 g/mol. The molecule has 0 fully saturated rings. The lowest BCUT2D eigenvalue weighted by Gasteiger charge is -2.11. The van der Waals surface area contributed by atoms with Crippen LogP contribution in [0.2, 0.25) is 0 Å². The van der Waals surface area contributed by atoms with Crippen LogP contribution < -0.4 is 14.2 Å². The molecular weight excluding hydrogens is 378 g/mol. The zero-order chi connectivity index (χ0) is 19.4. The summed E-state index contributed by atoms with van der Waals surface area (Å²) in [5.41, 5.74) is -0.871. The second kappa shape index (κ2) is 7.92. The van der Waals surface area contributed by atoms with Crippen molar-refractivity contribution < 1.29 is 35.5 Å². The summed E-state index contributed by atoms with van der Waals surface area (Å²) in [4.78, 5) is -0.310. The third-order valence-corrected chi connectivity index (χ3v) is 4.72. The van der Waals surface area contributed by atoms with E-state index in [9.17, 15) is 26.0 Å². The maximum atomic E-state index is 13.6. The molecule has 2 aromatic carbocycles. The molecule has 26 heavy (non-hydrogen) atoms. The van der Waals surface area contributed by atoms with Crippen molar-refractivity contribution in [1.29, 1.82) is 0 Å². The molecule has 5 nitrogen and oxygen atoms in total. The van der Waals surface area contributed by atoms with Gasteiger partial charge in [0, 0.05) is 6.54 Å². The molecule has 0 bridgehead atoms. The number of methoxy groups -OCH3 is 1. The first-order valence-electron chi connectivity index (χ1n) is 7.27. The van der Waals surface area contributed by atoms with Crippen molar-refractivity contribution >= 4 is 10.0 Å². The third kappa shape index (κ3) is 5.09. The molecule has 10 heteroatoms. The highest BCUT2D eigenvalue weighted by atomic mass is 32.2. The van der Waals surface area contributed by atoms with Gasteiger partial charge in [-0.3, -0.25) is 0 Å². The molecule has 0 amide bonds. The van der Waals surface area contributed by atoms with Crippen LogP contribution in [0.5, 0.6) is 11.5 Å². The number of hydrogen-bond donors (Lipinski definition) is 1. The SMILES string of the molecule is COc1ccc(S(=O)(=O)NCCOc2cccc(C(F)(F)F)c2)cc1F. The van der Waals surface area contributed by atoms with E-state index in [0.717, 1.165) is 24.3 Å². The summed E-state index contributed by atoms with van der Waals surface area (Å²) in [5.74, 6) is -0.984. The standard InChI is InChI=1S/C16H15F4NO4S/c1-24-15-6-5-13(10-14(15)17)26(22,23)21-7-8-25-12-4-2-3-11(9-12)16(18,19)20/h2-6,9-10,21H,7-8H2,1H3. The number of hydrogen-bond acceptors (Lipinski definition) is 4. The first kappa shape index (κ1) is 20.0. The summed E-state index contributed by atoms with van der Waals surface area (Å²) in [5, 5.41) is 0. The van der Waals surface area contributed by atoms with E-state index >= 15 is 0 Å². The maximum Gasteiger partial charge on any atom is 0.416 e. The Morgan fingerprint density at radius 1 is 1.12 bits per heavy atom. The van der Waals surface area contributed by atoms with Gasteiger partial charge in [-0.05, 0) is 36.4 Å². The Labute approximate surface area is 147 Å². The first-order valence-corrected chi connectivity index (χ1v) is 8.75. The van der Waals surface area contributed by atoms with Crippen LogP contribution >= 0.6 is 0 Å². The van der Waals surface area contributed by atoms with Gasteiger partial charge in [0.15, 0.2) is 11.6 Å². The molecule has 0 heterocycles. The molecule has 0 aromatic heterocycles. The summed E-state index contributed by atoms with van der Waals surface area (Å²) in [7, 11) is -2.75. The predicted molar refractivity (Wildman–Crippen MR) is 85.1 cm³/mol. The normalized spacial score (nSPS) is 12.0. The van der Waals surface area contributed by atoms with Crippen LogP contribution in [0.15, 0.2) is 47.4 Å². The van der Waals surface area contributed by atoms with Crippen molar-refractivity contribution in [2.75, 3.05) is 20.3 Å². The fourth-order valence-corrected chi connectivity index (χ4v) is 3.03. The highest BCUT2D eigenvalue weighted by Gasteiger charge is 2.30. The Bertz CT molecular complexity index is 869. The quantitative estimate of drug-likeness (QED) is 0.580. The highest BCUT2D eigenvalue weighted by Crippen LogP contribution is 2.31. The summed E-state index contributed by atoms with van der Waals surface area (Å²) >= 11 is 0. The van der Waals surface area contributed by atoms with Gasteiger partial charge in [-0.15, -0.1) is 0 Å². The molecule has 0 aliphatic heterocycles. The smallest absolute Gasteiger partial charge is 0.416 e. The summed E-state index contributed by atoms with van der Waals surface area (Å²) < 4.78 is 87.5. The Morgan fingerprint density at radius 2 is 1.85 bits per heavy atom. The Kier molecular flexibility index (Phi) is 6.09. The van der Waals surface area contributed by atoms with Crippen LogP contribution in [0, 0.1) is 5.82 Å². The molecule has 0 atom stereocenters. The summed E-state index contributed by atoms with van der Waals surface area (Å²) in [6.45, 7) is -0.425. The molecule has 0 saturated carbocycles. The second-order valence-electron chi connectivity index (χ2n) is 5.07. The number of halogens is 4. The molecule has 0 spiro atoms. The van der Waals surface area contributed by atoms with Gasteiger partial charge in [0.1, 0.15) is 12.4 Å². The van der Waals surface area contributed by atoms with Crippen LogP contribution in [0.1, 0.15) is 5.56 Å². The monoisotopic (exact) mass is 393 g/mol. The predicted octanol–water partition coefficient (Wildman–Crippen LogP) is 3.21. The fourth-order valence-electron chi connectivity index (χ4n) is 2.00. The van der Waals surface area contributed by atoms with Crippen molar-refractivity contribution in [3.8, 4) is 11.5 Å². The van der Waals surface area contributed by atoms with Gasteiger partial charge < -0.3 is 9.47 Å². The zero-order valence-corrected chi connectivity index (χ0v) is 14.3. The van der Waals surface area contributed by atoms with Gasteiger partial charge in [-0.1, -0.05) is 6.07 Å². The van der Waals surface area contributed by atoms with E-state index in [4.69, 9.17) is 9.47 Å². The molecule has 0 radical (unpaired) electrons. The minimum atomic E-state index is -4.50. The lowest BCUT2D eigenvalue weighted by atomic mass is 10.2. The summed E-state index contributed by atoms with van der Waals surface area (Å²) in [6, 6.07) is 7.35. The number of alkyl halides is 3. The first-order chi connectivity index (χ1) is 12.1. The number of rotatable bonds is 7. The maximum absolute atomic E-state index is 13.6. The van der Waals surface area contributed by atoms with Crippen LogP contribution in [-0.4, -0.2) is 28.7 Å². The van der Waals surface area contributed by atoms with Gasteiger partial charge in [-0.2, -0.15) is 13.2 Å². The topological polar surface area (TPSA) is 64.6 Å². The van der Waals surface area contributed by atoms with Crippen molar-refractivity contribution in [3.05, 3.63) is 53.8 Å². The van der Waals surface area contributed by atoms with Crippen LogP contribution in [0.25, 0.3) is 0 Å². The Hall–Kier alpha value is -2.33. The van der Waals surface area contributed by atoms with Gasteiger partial charge in [0.2, 0.25) is 10.0 Å². The van der Waals surface area contributed by atoms with Crippen LogP contribution in [0.3, 0.4) is 0 Å². The number of sulfonamides is 1. The van der Waals surface area contributed by atoms with Crippen molar-refractivity contribution in [2.24, 2.45) is 0 Å². The molecule has 142 valence electrons. The second-order valence-corrected chi connectivity index (χ2v) is 6.84. The van der Waals surface area contributed by atoms with Crippen LogP contribution in [-0.2, 0) is 16.2 Å². The summed E-state index contributed by atoms with van der Waals surface area (Å²) in [6.07, 6.45) is -4.50. The lowest BCUT2D eigenvalue weighted by molar-refractivity contribution is -0.137. The molecule has 2 rings (SSSR count). The highest BCUT2D eigenvalue weighted by molar-refractivity contribution is 7.89. The van der Waals surface area contributed by atoms with E-state index in [1.165, 1.54) is 25.3 Å². The molecule has 0 aliphatic carbocycles. The van der Waals surface area contributed by atoms with Crippen molar-refractivity contribution in [3.63, 3.8) is 0 Å². The van der Waals surface area contributed by atoms with E-state index in [2.05, 4.69) is 4.72 Å². The minimum absolute atomic E-state index is 0.0467. The van der Waals surface area contributed by atoms with E-state index in [0.29, 0.717) is 0 Å². The molecule has 0 aliphatic rings. The van der Waals surface area contributed by atoms with E-state index < -0.39 is 27.6 Å². The third-order valence-electron chi connectivity index (χ3n) is 3.26. The van der Waals surface area contributed by atoms with Gasteiger partial charge >= 0.3 is 6.18 Å². The van der Waals surface area contributed by atoms with Crippen molar-refractivity contribution in [2.45, 2.75) is 11.1 Å². The van der Waals surface area contributed by atoms with Crippen molar-refractivity contribution in [1.82, 2.24) is 4.72 Å².